The molecule has 1 aromatic heterocycles. The van der Waals surface area contributed by atoms with Gasteiger partial charge in [-0.25, -0.2) is 13.2 Å². The van der Waals surface area contributed by atoms with Crippen molar-refractivity contribution >= 4 is 16.1 Å². The van der Waals surface area contributed by atoms with E-state index in [1.165, 1.54) is 12.1 Å². The molecule has 9 heteroatoms. The summed E-state index contributed by atoms with van der Waals surface area (Å²) in [5.41, 5.74) is -1.13. The minimum Gasteiger partial charge on any atom is -0.494 e. The minimum absolute atomic E-state index is 0.106. The molecule has 2 aromatic rings. The number of aromatic hydroxyl groups is 1. The third-order valence-electron chi connectivity index (χ3n) is 2.80. The molecule has 3 N–H and O–H groups in total. The van der Waals surface area contributed by atoms with E-state index in [0.29, 0.717) is 0 Å². The lowest BCUT2D eigenvalue weighted by molar-refractivity contribution is 0.447. The van der Waals surface area contributed by atoms with Crippen LogP contribution in [-0.4, -0.2) is 35.6 Å². The van der Waals surface area contributed by atoms with Gasteiger partial charge in [-0.15, -0.1) is 0 Å². The van der Waals surface area contributed by atoms with Gasteiger partial charge in [0.2, 0.25) is 5.88 Å². The third kappa shape index (κ3) is 3.50. The fraction of sp³-hybridized carbons (Fsp3) is 0.154. The Kier molecular flexibility index (Phi) is 4.27. The Morgan fingerprint density at radius 2 is 1.82 bits per heavy atom. The van der Waals surface area contributed by atoms with Crippen LogP contribution in [0.1, 0.15) is 11.1 Å². The number of hydrogen-bond donors (Lipinski definition) is 3. The second-order valence-electron chi connectivity index (χ2n) is 4.54. The summed E-state index contributed by atoms with van der Waals surface area (Å²) in [6.07, 6.45) is 0.899. The van der Waals surface area contributed by atoms with Gasteiger partial charge in [0.25, 0.3) is 5.56 Å². The van der Waals surface area contributed by atoms with Crippen LogP contribution in [0.5, 0.6) is 5.88 Å². The predicted molar refractivity (Wildman–Crippen MR) is 80.2 cm³/mol. The van der Waals surface area contributed by atoms with Gasteiger partial charge >= 0.3 is 5.69 Å². The number of benzene rings is 1. The molecule has 0 saturated carbocycles. The summed E-state index contributed by atoms with van der Waals surface area (Å²) < 4.78 is 24.1. The lowest BCUT2D eigenvalue weighted by Crippen LogP contribution is -2.25. The number of aliphatic imine (C=N–C) groups is 1. The summed E-state index contributed by atoms with van der Waals surface area (Å²) in [6, 6.07) is 6.25. The van der Waals surface area contributed by atoms with Gasteiger partial charge in [-0.3, -0.25) is 19.8 Å². The zero-order valence-corrected chi connectivity index (χ0v) is 12.3. The van der Waals surface area contributed by atoms with E-state index in [0.717, 1.165) is 11.8 Å². The maximum atomic E-state index is 12.0. The molecule has 0 aliphatic heterocycles. The SMILES string of the molecule is Cc1ccc(S(=O)(=O)C/N=C/c2c(O)[nH]c(=O)[nH]c2=O)cc1. The van der Waals surface area contributed by atoms with Crippen molar-refractivity contribution in [3.05, 3.63) is 56.2 Å². The van der Waals surface area contributed by atoms with E-state index in [2.05, 4.69) is 4.99 Å². The predicted octanol–water partition coefficient (Wildman–Crippen LogP) is -0.0725. The molecule has 0 amide bonds. The first-order valence-corrected chi connectivity index (χ1v) is 7.79. The molecule has 1 aromatic carbocycles. The van der Waals surface area contributed by atoms with Crippen molar-refractivity contribution in [2.75, 3.05) is 5.88 Å². The number of aromatic amines is 2. The molecule has 0 bridgehead atoms. The molecular formula is C13H13N3O5S. The van der Waals surface area contributed by atoms with Gasteiger partial charge in [-0.05, 0) is 19.1 Å². The Morgan fingerprint density at radius 1 is 1.18 bits per heavy atom. The molecule has 22 heavy (non-hydrogen) atoms. The van der Waals surface area contributed by atoms with Crippen molar-refractivity contribution in [2.24, 2.45) is 4.99 Å². The topological polar surface area (TPSA) is 132 Å². The summed E-state index contributed by atoms with van der Waals surface area (Å²) >= 11 is 0. The van der Waals surface area contributed by atoms with Gasteiger partial charge in [-0.1, -0.05) is 17.7 Å². The quantitative estimate of drug-likeness (QED) is 0.677. The Balaban J connectivity index is 2.24. The number of aromatic nitrogens is 2. The Morgan fingerprint density at radius 3 is 2.41 bits per heavy atom. The van der Waals surface area contributed by atoms with Crippen LogP contribution in [0.3, 0.4) is 0 Å². The van der Waals surface area contributed by atoms with Crippen molar-refractivity contribution in [1.29, 1.82) is 0 Å². The summed E-state index contributed by atoms with van der Waals surface area (Å²) in [5.74, 6) is -1.26. The second-order valence-corrected chi connectivity index (χ2v) is 6.50. The Hall–Kier alpha value is -2.68. The average Bonchev–Trinajstić information content (AvgIpc) is 2.42. The summed E-state index contributed by atoms with van der Waals surface area (Å²) in [5, 5.41) is 9.43. The number of hydrogen-bond acceptors (Lipinski definition) is 6. The van der Waals surface area contributed by atoms with E-state index < -0.39 is 32.8 Å². The van der Waals surface area contributed by atoms with Crippen LogP contribution in [0.2, 0.25) is 0 Å². The molecule has 0 saturated heterocycles. The van der Waals surface area contributed by atoms with Crippen molar-refractivity contribution in [2.45, 2.75) is 11.8 Å². The van der Waals surface area contributed by atoms with Gasteiger partial charge in [0.05, 0.1) is 4.90 Å². The van der Waals surface area contributed by atoms with Crippen LogP contribution in [0.15, 0.2) is 43.7 Å². The standard InChI is InChI=1S/C13H13N3O5S/c1-8-2-4-9(5-3-8)22(20,21)7-14-6-10-11(17)15-13(19)16-12(10)18/h2-6H,7H2,1H3,(H3,15,16,17,18,19)/b14-6+. The first-order valence-electron chi connectivity index (χ1n) is 6.14. The number of aryl methyl sites for hydroxylation is 1. The summed E-state index contributed by atoms with van der Waals surface area (Å²) in [7, 11) is -3.64. The normalized spacial score (nSPS) is 11.9. The first-order chi connectivity index (χ1) is 10.3. The molecule has 8 nitrogen and oxygen atoms in total. The van der Waals surface area contributed by atoms with Gasteiger partial charge in [0.15, 0.2) is 9.84 Å². The van der Waals surface area contributed by atoms with Crippen molar-refractivity contribution in [3.63, 3.8) is 0 Å². The first kappa shape index (κ1) is 15.7. The van der Waals surface area contributed by atoms with E-state index in [9.17, 15) is 23.1 Å². The van der Waals surface area contributed by atoms with E-state index in [1.54, 1.807) is 12.1 Å². The Labute approximate surface area is 125 Å². The fourth-order valence-electron chi connectivity index (χ4n) is 1.65. The highest BCUT2D eigenvalue weighted by molar-refractivity contribution is 7.91. The third-order valence-corrected chi connectivity index (χ3v) is 4.28. The van der Waals surface area contributed by atoms with Gasteiger partial charge in [0, 0.05) is 6.21 Å². The number of rotatable bonds is 4. The van der Waals surface area contributed by atoms with E-state index in [1.807, 2.05) is 16.9 Å². The molecule has 0 aliphatic carbocycles. The molecule has 0 aliphatic rings. The van der Waals surface area contributed by atoms with Crippen molar-refractivity contribution in [3.8, 4) is 5.88 Å². The van der Waals surface area contributed by atoms with Gasteiger partial charge < -0.3 is 5.11 Å². The summed E-state index contributed by atoms with van der Waals surface area (Å²) in [6.45, 7) is 1.83. The highest BCUT2D eigenvalue weighted by Crippen LogP contribution is 2.12. The number of sulfone groups is 1. The maximum Gasteiger partial charge on any atom is 0.328 e. The monoisotopic (exact) mass is 323 g/mol. The van der Waals surface area contributed by atoms with Crippen LogP contribution >= 0.6 is 0 Å². The number of H-pyrrole nitrogens is 2. The molecule has 0 atom stereocenters. The van der Waals surface area contributed by atoms with Gasteiger partial charge in [-0.2, -0.15) is 0 Å². The van der Waals surface area contributed by atoms with Crippen LogP contribution in [0.4, 0.5) is 0 Å². The lowest BCUT2D eigenvalue weighted by atomic mass is 10.2. The van der Waals surface area contributed by atoms with E-state index in [4.69, 9.17) is 0 Å². The van der Waals surface area contributed by atoms with E-state index >= 15 is 0 Å². The molecule has 0 spiro atoms. The molecule has 0 fully saturated rings. The van der Waals surface area contributed by atoms with Crippen molar-refractivity contribution < 1.29 is 13.5 Å². The zero-order valence-electron chi connectivity index (χ0n) is 11.5. The lowest BCUT2D eigenvalue weighted by Gasteiger charge is -2.01. The molecule has 1 heterocycles. The smallest absolute Gasteiger partial charge is 0.328 e. The summed E-state index contributed by atoms with van der Waals surface area (Å²) in [4.78, 5) is 30.0. The van der Waals surface area contributed by atoms with Crippen LogP contribution in [0, 0.1) is 6.92 Å². The van der Waals surface area contributed by atoms with Crippen LogP contribution in [-0.2, 0) is 9.84 Å². The maximum absolute atomic E-state index is 12.0. The fourth-order valence-corrected chi connectivity index (χ4v) is 2.62. The van der Waals surface area contributed by atoms with Crippen LogP contribution in [0.25, 0.3) is 0 Å². The number of nitrogens with zero attached hydrogens (tertiary/aromatic N) is 1. The average molecular weight is 323 g/mol. The molecular weight excluding hydrogens is 310 g/mol. The largest absolute Gasteiger partial charge is 0.494 e. The van der Waals surface area contributed by atoms with Gasteiger partial charge in [0.1, 0.15) is 11.4 Å². The second kappa shape index (κ2) is 5.98. The molecule has 2 rings (SSSR count). The van der Waals surface area contributed by atoms with Crippen LogP contribution < -0.4 is 11.2 Å². The minimum atomic E-state index is -3.64. The van der Waals surface area contributed by atoms with E-state index in [-0.39, 0.29) is 10.5 Å². The molecule has 0 unspecified atom stereocenters. The van der Waals surface area contributed by atoms with Crippen molar-refractivity contribution in [1.82, 2.24) is 9.97 Å². The molecule has 116 valence electrons. The molecule has 0 radical (unpaired) electrons. The highest BCUT2D eigenvalue weighted by atomic mass is 32.2. The highest BCUT2D eigenvalue weighted by Gasteiger charge is 2.13. The number of nitrogens with one attached hydrogen (secondary N) is 2. The zero-order chi connectivity index (χ0) is 16.3. The Bertz CT molecular complexity index is 923.